The lowest BCUT2D eigenvalue weighted by molar-refractivity contribution is -0.133. The van der Waals surface area contributed by atoms with Crippen LogP contribution in [0.4, 0.5) is 0 Å². The van der Waals surface area contributed by atoms with Gasteiger partial charge in [0, 0.05) is 50.7 Å². The molecule has 1 fully saturated rings. The lowest BCUT2D eigenvalue weighted by Crippen LogP contribution is -2.38. The number of carbonyl (C=O) groups excluding carboxylic acids is 2. The van der Waals surface area contributed by atoms with E-state index in [0.29, 0.717) is 32.5 Å². The summed E-state index contributed by atoms with van der Waals surface area (Å²) in [5.74, 6) is 0.948. The average Bonchev–Trinajstić information content (AvgIpc) is 3.11. The Labute approximate surface area is 189 Å². The Bertz CT molecular complexity index is 508. The number of carbonyl (C=O) groups is 2. The number of hydrogen-bond donors (Lipinski definition) is 2. The van der Waals surface area contributed by atoms with Crippen LogP contribution < -0.4 is 5.32 Å². The second kappa shape index (κ2) is 15.3. The topological polar surface area (TPSA) is 88.1 Å². The van der Waals surface area contributed by atoms with Gasteiger partial charge >= 0.3 is 0 Å². The fourth-order valence-electron chi connectivity index (χ4n) is 3.52. The summed E-state index contributed by atoms with van der Waals surface area (Å²) in [6, 6.07) is 0.0941. The van der Waals surface area contributed by atoms with Crippen molar-refractivity contribution in [1.82, 2.24) is 10.2 Å². The van der Waals surface area contributed by atoms with Crippen LogP contribution in [0.5, 0.6) is 0 Å². The molecule has 0 bridgehead atoms. The highest BCUT2D eigenvalue weighted by molar-refractivity contribution is 8.77. The Hall–Kier alpha value is -0.480. The molecule has 0 aromatic rings. The van der Waals surface area contributed by atoms with E-state index in [9.17, 15) is 9.59 Å². The van der Waals surface area contributed by atoms with E-state index >= 15 is 0 Å². The highest BCUT2D eigenvalue weighted by atomic mass is 33.1. The molecule has 0 aromatic heterocycles. The van der Waals surface area contributed by atoms with Crippen molar-refractivity contribution in [1.29, 1.82) is 0 Å². The van der Waals surface area contributed by atoms with E-state index in [2.05, 4.69) is 19.2 Å². The van der Waals surface area contributed by atoms with E-state index < -0.39 is 0 Å². The molecule has 30 heavy (non-hydrogen) atoms. The van der Waals surface area contributed by atoms with Crippen LogP contribution in [0.3, 0.4) is 0 Å². The highest BCUT2D eigenvalue weighted by Gasteiger charge is 2.34. The molecular weight excluding hydrogens is 424 g/mol. The largest absolute Gasteiger partial charge is 0.395 e. The number of methoxy groups -OCH3 is 2. The highest BCUT2D eigenvalue weighted by Crippen LogP contribution is 2.38. The molecule has 0 saturated carbocycles. The van der Waals surface area contributed by atoms with Gasteiger partial charge in [-0.25, -0.2) is 0 Å². The molecule has 0 spiro atoms. The number of unbranched alkanes of at least 4 members (excludes halogenated alkanes) is 1. The lowest BCUT2D eigenvalue weighted by Gasteiger charge is -2.23. The van der Waals surface area contributed by atoms with Crippen molar-refractivity contribution in [2.75, 3.05) is 46.3 Å². The minimum absolute atomic E-state index is 0.0766. The molecular formula is C21H40N2O5S2. The number of ether oxygens (including phenoxy) is 2. The number of hydrogen-bond acceptors (Lipinski definition) is 7. The molecule has 1 rings (SSSR count). The van der Waals surface area contributed by atoms with Crippen LogP contribution >= 0.6 is 21.6 Å². The molecule has 1 saturated heterocycles. The summed E-state index contributed by atoms with van der Waals surface area (Å²) >= 11 is 0. The monoisotopic (exact) mass is 464 g/mol. The summed E-state index contributed by atoms with van der Waals surface area (Å²) in [6.07, 6.45) is 5.29. The maximum absolute atomic E-state index is 12.5. The molecule has 1 aliphatic rings. The summed E-state index contributed by atoms with van der Waals surface area (Å²) in [4.78, 5) is 26.4. The normalized spacial score (nSPS) is 19.3. The van der Waals surface area contributed by atoms with Gasteiger partial charge < -0.3 is 24.8 Å². The summed E-state index contributed by atoms with van der Waals surface area (Å²) in [6.45, 7) is 6.32. The number of nitrogens with one attached hydrogen (secondary N) is 1. The molecule has 1 heterocycles. The van der Waals surface area contributed by atoms with Gasteiger partial charge in [-0.2, -0.15) is 0 Å². The first kappa shape index (κ1) is 27.6. The zero-order valence-electron chi connectivity index (χ0n) is 19.0. The Balaban J connectivity index is 2.14. The fraction of sp³-hybridized carbons (Fsp3) is 0.905. The Morgan fingerprint density at radius 3 is 2.63 bits per heavy atom. The minimum Gasteiger partial charge on any atom is -0.395 e. The van der Waals surface area contributed by atoms with E-state index in [0.717, 1.165) is 37.9 Å². The van der Waals surface area contributed by atoms with Crippen LogP contribution in [-0.2, 0) is 19.1 Å². The van der Waals surface area contributed by atoms with Gasteiger partial charge in [0.25, 0.3) is 0 Å². The van der Waals surface area contributed by atoms with Gasteiger partial charge in [-0.15, -0.1) is 0 Å². The Morgan fingerprint density at radius 1 is 1.20 bits per heavy atom. The molecule has 7 nitrogen and oxygen atoms in total. The van der Waals surface area contributed by atoms with Crippen molar-refractivity contribution in [2.45, 2.75) is 75.7 Å². The number of nitrogens with zero attached hydrogens (tertiary/aromatic N) is 1. The van der Waals surface area contributed by atoms with E-state index in [4.69, 9.17) is 14.6 Å². The molecule has 0 aromatic carbocycles. The first-order valence-electron chi connectivity index (χ1n) is 10.8. The van der Waals surface area contributed by atoms with Gasteiger partial charge in [0.05, 0.1) is 25.4 Å². The van der Waals surface area contributed by atoms with Gasteiger partial charge in [-0.05, 0) is 46.0 Å². The smallest absolute Gasteiger partial charge is 0.222 e. The van der Waals surface area contributed by atoms with E-state index in [-0.39, 0.29) is 35.3 Å². The SMILES string of the molecule is COC[C@H]1C[C@H](OC)CN1C(=O)CCCCNC(=O)CCCC(C)(C)SSCCO. The zero-order valence-corrected chi connectivity index (χ0v) is 20.6. The molecule has 0 unspecified atom stereocenters. The third-order valence-electron chi connectivity index (χ3n) is 5.17. The quantitative estimate of drug-likeness (QED) is 0.268. The second-order valence-electron chi connectivity index (χ2n) is 8.30. The van der Waals surface area contributed by atoms with E-state index in [1.807, 2.05) is 4.90 Å². The maximum atomic E-state index is 12.5. The number of aliphatic hydroxyl groups is 1. The van der Waals surface area contributed by atoms with Crippen molar-refractivity contribution < 1.29 is 24.2 Å². The third-order valence-corrected chi connectivity index (χ3v) is 8.50. The predicted molar refractivity (Wildman–Crippen MR) is 125 cm³/mol. The molecule has 2 atom stereocenters. The van der Waals surface area contributed by atoms with Crippen molar-refractivity contribution in [2.24, 2.45) is 0 Å². The summed E-state index contributed by atoms with van der Waals surface area (Å²) in [5, 5.41) is 11.8. The molecule has 1 aliphatic heterocycles. The standard InChI is InChI=1S/C21H40N2O5S2/c1-21(2,30-29-13-12-24)10-7-8-19(25)22-11-6-5-9-20(26)23-15-18(28-4)14-17(23)16-27-3/h17-18,24H,5-16H2,1-4H3,(H,22,25)/t17-,18+/m1/s1. The lowest BCUT2D eigenvalue weighted by atomic mass is 10.1. The van der Waals surface area contributed by atoms with Crippen LogP contribution in [0.25, 0.3) is 0 Å². The first-order chi connectivity index (χ1) is 14.3. The predicted octanol–water partition coefficient (Wildman–Crippen LogP) is 2.86. The summed E-state index contributed by atoms with van der Waals surface area (Å²) in [5.41, 5.74) is 0. The Kier molecular flexibility index (Phi) is 14.1. The van der Waals surface area contributed by atoms with Crippen LogP contribution in [0, 0.1) is 0 Å². The van der Waals surface area contributed by atoms with Crippen LogP contribution in [-0.4, -0.2) is 85.0 Å². The molecule has 2 amide bonds. The van der Waals surface area contributed by atoms with Gasteiger partial charge in [-0.1, -0.05) is 21.6 Å². The van der Waals surface area contributed by atoms with Gasteiger partial charge in [0.15, 0.2) is 0 Å². The number of amides is 2. The third kappa shape index (κ3) is 11.2. The van der Waals surface area contributed by atoms with Crippen LogP contribution in [0.2, 0.25) is 0 Å². The Morgan fingerprint density at radius 2 is 1.97 bits per heavy atom. The van der Waals surface area contributed by atoms with Crippen molar-refractivity contribution in [3.05, 3.63) is 0 Å². The fourth-order valence-corrected chi connectivity index (χ4v) is 5.90. The maximum Gasteiger partial charge on any atom is 0.222 e. The van der Waals surface area contributed by atoms with Gasteiger partial charge in [0.2, 0.25) is 11.8 Å². The van der Waals surface area contributed by atoms with E-state index in [1.165, 1.54) is 0 Å². The zero-order chi connectivity index (χ0) is 22.4. The molecule has 9 heteroatoms. The van der Waals surface area contributed by atoms with Gasteiger partial charge in [-0.3, -0.25) is 9.59 Å². The van der Waals surface area contributed by atoms with Crippen LogP contribution in [0.1, 0.15) is 58.8 Å². The number of rotatable bonds is 16. The minimum atomic E-state index is 0.0766. The summed E-state index contributed by atoms with van der Waals surface area (Å²) in [7, 11) is 6.78. The summed E-state index contributed by atoms with van der Waals surface area (Å²) < 4.78 is 10.7. The molecule has 2 N–H and O–H groups in total. The van der Waals surface area contributed by atoms with Crippen molar-refractivity contribution in [3.63, 3.8) is 0 Å². The molecule has 0 radical (unpaired) electrons. The van der Waals surface area contributed by atoms with Crippen molar-refractivity contribution >= 4 is 33.4 Å². The number of aliphatic hydroxyl groups excluding tert-OH is 1. The first-order valence-corrected chi connectivity index (χ1v) is 13.1. The van der Waals surface area contributed by atoms with E-state index in [1.54, 1.807) is 35.8 Å². The van der Waals surface area contributed by atoms with Crippen LogP contribution in [0.15, 0.2) is 0 Å². The van der Waals surface area contributed by atoms with Crippen molar-refractivity contribution in [3.8, 4) is 0 Å². The second-order valence-corrected chi connectivity index (χ2v) is 11.4. The molecule has 0 aliphatic carbocycles. The number of likely N-dealkylation sites (tertiary alicyclic amines) is 1. The van der Waals surface area contributed by atoms with Gasteiger partial charge in [0.1, 0.15) is 0 Å². The average molecular weight is 465 g/mol. The molecule has 176 valence electrons.